The van der Waals surface area contributed by atoms with Crippen LogP contribution in [0, 0.1) is 0 Å². The van der Waals surface area contributed by atoms with Gasteiger partial charge in [0, 0.05) is 5.54 Å². The largest absolute Gasteiger partial charge is 0.464 e. The van der Waals surface area contributed by atoms with Gasteiger partial charge in [0.25, 0.3) is 0 Å². The molecule has 0 spiro atoms. The Morgan fingerprint density at radius 2 is 1.83 bits per heavy atom. The fourth-order valence-corrected chi connectivity index (χ4v) is 3.57. The van der Waals surface area contributed by atoms with E-state index >= 15 is 0 Å². The second-order valence-corrected chi connectivity index (χ2v) is 7.74. The van der Waals surface area contributed by atoms with E-state index in [1.807, 2.05) is 26.8 Å². The molecular weight excluding hydrogens is 310 g/mol. The van der Waals surface area contributed by atoms with Crippen molar-refractivity contribution < 1.29 is 19.1 Å². The first-order valence-electron chi connectivity index (χ1n) is 7.99. The van der Waals surface area contributed by atoms with E-state index in [-0.39, 0.29) is 22.9 Å². The summed E-state index contributed by atoms with van der Waals surface area (Å²) < 4.78 is 9.99. The van der Waals surface area contributed by atoms with Gasteiger partial charge in [0.15, 0.2) is 5.69 Å². The third kappa shape index (κ3) is 3.16. The van der Waals surface area contributed by atoms with Crippen molar-refractivity contribution in [3.63, 3.8) is 0 Å². The SMILES string of the molecule is COC(=O)c1cccc(NC23CC(NC(=O)OC(C)(C)C)(C2)C3)n1. The molecule has 3 aliphatic rings. The molecule has 1 amide bonds. The number of methoxy groups -OCH3 is 1. The number of nitrogens with one attached hydrogen (secondary N) is 2. The summed E-state index contributed by atoms with van der Waals surface area (Å²) in [6, 6.07) is 5.20. The number of alkyl carbamates (subject to hydrolysis) is 1. The molecule has 0 unspecified atom stereocenters. The van der Waals surface area contributed by atoms with Crippen LogP contribution in [-0.2, 0) is 9.47 Å². The highest BCUT2D eigenvalue weighted by molar-refractivity contribution is 5.87. The minimum absolute atomic E-state index is 0.0588. The molecule has 1 aromatic rings. The number of esters is 1. The molecule has 3 fully saturated rings. The van der Waals surface area contributed by atoms with Gasteiger partial charge in [0.05, 0.1) is 12.6 Å². The van der Waals surface area contributed by atoms with Crippen LogP contribution < -0.4 is 10.6 Å². The Morgan fingerprint density at radius 1 is 1.17 bits per heavy atom. The van der Waals surface area contributed by atoms with Crippen molar-refractivity contribution in [2.45, 2.75) is 56.7 Å². The summed E-state index contributed by atoms with van der Waals surface area (Å²) in [6.45, 7) is 5.53. The zero-order chi connectivity index (χ0) is 17.6. The van der Waals surface area contributed by atoms with Crippen LogP contribution in [0.2, 0.25) is 0 Å². The average Bonchev–Trinajstić information content (AvgIpc) is 2.41. The van der Waals surface area contributed by atoms with Gasteiger partial charge >= 0.3 is 12.1 Å². The second-order valence-electron chi connectivity index (χ2n) is 7.74. The highest BCUT2D eigenvalue weighted by atomic mass is 16.6. The molecule has 0 aliphatic heterocycles. The van der Waals surface area contributed by atoms with Crippen LogP contribution in [0.15, 0.2) is 18.2 Å². The Balaban J connectivity index is 1.54. The zero-order valence-corrected chi connectivity index (χ0v) is 14.4. The van der Waals surface area contributed by atoms with E-state index < -0.39 is 11.6 Å². The molecule has 0 aromatic carbocycles. The van der Waals surface area contributed by atoms with Gasteiger partial charge < -0.3 is 20.1 Å². The van der Waals surface area contributed by atoms with Crippen molar-refractivity contribution in [1.29, 1.82) is 0 Å². The first-order chi connectivity index (χ1) is 11.1. The number of aromatic nitrogens is 1. The molecule has 4 rings (SSSR count). The summed E-state index contributed by atoms with van der Waals surface area (Å²) in [5, 5.41) is 6.34. The lowest BCUT2D eigenvalue weighted by Crippen LogP contribution is -2.81. The topological polar surface area (TPSA) is 89.6 Å². The van der Waals surface area contributed by atoms with Gasteiger partial charge in [0.2, 0.25) is 0 Å². The van der Waals surface area contributed by atoms with E-state index in [0.717, 1.165) is 19.3 Å². The molecule has 1 heterocycles. The molecule has 3 saturated carbocycles. The number of nitrogens with zero attached hydrogens (tertiary/aromatic N) is 1. The molecule has 0 atom stereocenters. The smallest absolute Gasteiger partial charge is 0.408 e. The fourth-order valence-electron chi connectivity index (χ4n) is 3.57. The first kappa shape index (κ1) is 16.5. The molecule has 24 heavy (non-hydrogen) atoms. The second kappa shape index (κ2) is 5.36. The molecule has 130 valence electrons. The summed E-state index contributed by atoms with van der Waals surface area (Å²) in [6.07, 6.45) is 2.09. The number of ether oxygens (including phenoxy) is 2. The van der Waals surface area contributed by atoms with Gasteiger partial charge in [-0.25, -0.2) is 14.6 Å². The van der Waals surface area contributed by atoms with Crippen molar-refractivity contribution in [2.75, 3.05) is 12.4 Å². The number of rotatable bonds is 4. The maximum absolute atomic E-state index is 11.9. The zero-order valence-electron chi connectivity index (χ0n) is 14.4. The van der Waals surface area contributed by atoms with Gasteiger partial charge in [-0.3, -0.25) is 0 Å². The van der Waals surface area contributed by atoms with Crippen LogP contribution in [0.1, 0.15) is 50.5 Å². The number of carbonyl (C=O) groups is 2. The van der Waals surface area contributed by atoms with Crippen LogP contribution in [0.3, 0.4) is 0 Å². The molecule has 7 heteroatoms. The van der Waals surface area contributed by atoms with E-state index in [0.29, 0.717) is 5.82 Å². The van der Waals surface area contributed by atoms with Crippen LogP contribution in [0.5, 0.6) is 0 Å². The molecule has 3 aliphatic carbocycles. The van der Waals surface area contributed by atoms with E-state index in [4.69, 9.17) is 4.74 Å². The van der Waals surface area contributed by atoms with Crippen LogP contribution >= 0.6 is 0 Å². The van der Waals surface area contributed by atoms with Crippen molar-refractivity contribution in [1.82, 2.24) is 10.3 Å². The van der Waals surface area contributed by atoms with E-state index in [2.05, 4.69) is 20.4 Å². The molecule has 1 aromatic heterocycles. The number of carbonyl (C=O) groups excluding carboxylic acids is 2. The molecule has 2 N–H and O–H groups in total. The minimum Gasteiger partial charge on any atom is -0.464 e. The van der Waals surface area contributed by atoms with Crippen molar-refractivity contribution >= 4 is 17.9 Å². The number of anilines is 1. The number of pyridine rings is 1. The highest BCUT2D eigenvalue weighted by Gasteiger charge is 2.69. The number of amides is 1. The minimum atomic E-state index is -0.498. The van der Waals surface area contributed by atoms with Gasteiger partial charge in [-0.2, -0.15) is 0 Å². The molecule has 7 nitrogen and oxygen atoms in total. The quantitative estimate of drug-likeness (QED) is 0.823. The third-order valence-corrected chi connectivity index (χ3v) is 4.33. The summed E-state index contributed by atoms with van der Waals surface area (Å²) in [7, 11) is 1.33. The predicted octanol–water partition coefficient (Wildman–Crippen LogP) is 2.48. The molecule has 0 saturated heterocycles. The van der Waals surface area contributed by atoms with E-state index in [9.17, 15) is 9.59 Å². The van der Waals surface area contributed by atoms with Crippen molar-refractivity contribution in [3.8, 4) is 0 Å². The Morgan fingerprint density at radius 3 is 2.42 bits per heavy atom. The van der Waals surface area contributed by atoms with Crippen LogP contribution in [-0.4, -0.2) is 40.8 Å². The van der Waals surface area contributed by atoms with Gasteiger partial charge in [-0.1, -0.05) is 6.07 Å². The molecule has 0 radical (unpaired) electrons. The van der Waals surface area contributed by atoms with Crippen molar-refractivity contribution in [3.05, 3.63) is 23.9 Å². The Bertz CT molecular complexity index is 661. The first-order valence-corrected chi connectivity index (χ1v) is 7.99. The average molecular weight is 333 g/mol. The van der Waals surface area contributed by atoms with Crippen LogP contribution in [0.25, 0.3) is 0 Å². The lowest BCUT2D eigenvalue weighted by atomic mass is 9.44. The highest BCUT2D eigenvalue weighted by Crippen LogP contribution is 2.61. The molecule has 2 bridgehead atoms. The van der Waals surface area contributed by atoms with Crippen LogP contribution in [0.4, 0.5) is 10.6 Å². The lowest BCUT2D eigenvalue weighted by Gasteiger charge is -2.70. The molecular formula is C17H23N3O4. The Kier molecular flexibility index (Phi) is 3.69. The monoisotopic (exact) mass is 333 g/mol. The van der Waals surface area contributed by atoms with E-state index in [1.54, 1.807) is 12.1 Å². The summed E-state index contributed by atoms with van der Waals surface area (Å²) in [4.78, 5) is 27.7. The predicted molar refractivity (Wildman–Crippen MR) is 87.9 cm³/mol. The van der Waals surface area contributed by atoms with Gasteiger partial charge in [0.1, 0.15) is 11.4 Å². The summed E-state index contributed by atoms with van der Waals surface area (Å²) >= 11 is 0. The summed E-state index contributed by atoms with van der Waals surface area (Å²) in [5.41, 5.74) is -0.455. The maximum atomic E-state index is 11.9. The Labute approximate surface area is 141 Å². The van der Waals surface area contributed by atoms with E-state index in [1.165, 1.54) is 7.11 Å². The van der Waals surface area contributed by atoms with Crippen molar-refractivity contribution in [2.24, 2.45) is 0 Å². The Hall–Kier alpha value is -2.31. The van der Waals surface area contributed by atoms with Gasteiger partial charge in [-0.15, -0.1) is 0 Å². The fraction of sp³-hybridized carbons (Fsp3) is 0.588. The maximum Gasteiger partial charge on any atom is 0.408 e. The standard InChI is InChI=1S/C17H23N3O4/c1-15(2,3)24-14(22)20-17-8-16(9-17,10-17)19-12-7-5-6-11(18-12)13(21)23-4/h5-7H,8-10H2,1-4H3,(H,18,19)(H,20,22). The third-order valence-electron chi connectivity index (χ3n) is 4.33. The number of hydrogen-bond acceptors (Lipinski definition) is 6. The normalized spacial score (nSPS) is 27.3. The summed E-state index contributed by atoms with van der Waals surface area (Å²) in [5.74, 6) is 0.183. The van der Waals surface area contributed by atoms with Gasteiger partial charge in [-0.05, 0) is 52.2 Å². The number of hydrogen-bond donors (Lipinski definition) is 2. The lowest BCUT2D eigenvalue weighted by molar-refractivity contribution is -0.0660.